The molecule has 0 bridgehead atoms. The molecular weight excluding hydrogens is 206 g/mol. The van der Waals surface area contributed by atoms with Crippen LogP contribution in [0.4, 0.5) is 5.69 Å². The highest BCUT2D eigenvalue weighted by molar-refractivity contribution is 5.77. The zero-order valence-electron chi connectivity index (χ0n) is 9.47. The predicted octanol–water partition coefficient (Wildman–Crippen LogP) is 1.17. The third-order valence-corrected chi connectivity index (χ3v) is 2.24. The van der Waals surface area contributed by atoms with E-state index in [4.69, 9.17) is 0 Å². The standard InChI is InChI=1S/C12H15NO3/c1-10-3-5-11(6-4-10)13(7-8-14)9-12(15)16-2/h3-6,8H,7,9H2,1-2H3. The first-order chi connectivity index (χ1) is 7.67. The van der Waals surface area contributed by atoms with Gasteiger partial charge >= 0.3 is 5.97 Å². The SMILES string of the molecule is COC(=O)CN(CC=O)c1ccc(C)cc1. The van der Waals surface area contributed by atoms with E-state index < -0.39 is 0 Å². The molecule has 1 aromatic carbocycles. The number of carbonyl (C=O) groups excluding carboxylic acids is 2. The van der Waals surface area contributed by atoms with Crippen molar-refractivity contribution in [3.8, 4) is 0 Å². The summed E-state index contributed by atoms with van der Waals surface area (Å²) < 4.78 is 4.58. The van der Waals surface area contributed by atoms with Gasteiger partial charge < -0.3 is 14.4 Å². The molecule has 0 aliphatic carbocycles. The van der Waals surface area contributed by atoms with Crippen LogP contribution in [0.1, 0.15) is 5.56 Å². The van der Waals surface area contributed by atoms with Crippen LogP contribution < -0.4 is 4.90 Å². The molecule has 0 N–H and O–H groups in total. The molecule has 0 fully saturated rings. The van der Waals surface area contributed by atoms with Crippen molar-refractivity contribution in [3.63, 3.8) is 0 Å². The third-order valence-electron chi connectivity index (χ3n) is 2.24. The van der Waals surface area contributed by atoms with Crippen molar-refractivity contribution in [1.82, 2.24) is 0 Å². The first-order valence-corrected chi connectivity index (χ1v) is 4.99. The molecule has 0 heterocycles. The van der Waals surface area contributed by atoms with E-state index in [1.54, 1.807) is 4.90 Å². The average Bonchev–Trinajstić information content (AvgIpc) is 2.29. The first-order valence-electron chi connectivity index (χ1n) is 4.99. The third kappa shape index (κ3) is 3.38. The second kappa shape index (κ2) is 5.90. The summed E-state index contributed by atoms with van der Waals surface area (Å²) in [4.78, 5) is 23.4. The van der Waals surface area contributed by atoms with Crippen LogP contribution in [0.25, 0.3) is 0 Å². The maximum absolute atomic E-state index is 11.2. The summed E-state index contributed by atoms with van der Waals surface area (Å²) in [6.07, 6.45) is 0.767. The monoisotopic (exact) mass is 221 g/mol. The molecule has 0 spiro atoms. The van der Waals surface area contributed by atoms with Crippen molar-refractivity contribution < 1.29 is 14.3 Å². The Morgan fingerprint density at radius 2 is 2.00 bits per heavy atom. The smallest absolute Gasteiger partial charge is 0.325 e. The lowest BCUT2D eigenvalue weighted by molar-refractivity contribution is -0.138. The molecule has 0 aliphatic heterocycles. The Morgan fingerprint density at radius 3 is 2.50 bits per heavy atom. The van der Waals surface area contributed by atoms with Gasteiger partial charge in [0.25, 0.3) is 0 Å². The molecule has 0 saturated heterocycles. The van der Waals surface area contributed by atoms with Gasteiger partial charge in [-0.25, -0.2) is 0 Å². The van der Waals surface area contributed by atoms with Crippen LogP contribution in [-0.4, -0.2) is 32.5 Å². The van der Waals surface area contributed by atoms with Crippen LogP contribution in [0.15, 0.2) is 24.3 Å². The molecule has 0 amide bonds. The van der Waals surface area contributed by atoms with Crippen LogP contribution >= 0.6 is 0 Å². The van der Waals surface area contributed by atoms with Crippen molar-refractivity contribution in [3.05, 3.63) is 29.8 Å². The van der Waals surface area contributed by atoms with Gasteiger partial charge in [0.15, 0.2) is 0 Å². The molecule has 0 saturated carbocycles. The normalized spacial score (nSPS) is 9.62. The minimum Gasteiger partial charge on any atom is -0.468 e. The van der Waals surface area contributed by atoms with E-state index in [0.29, 0.717) is 0 Å². The lowest BCUT2D eigenvalue weighted by Crippen LogP contribution is -2.32. The summed E-state index contributed by atoms with van der Waals surface area (Å²) in [5.74, 6) is -0.359. The average molecular weight is 221 g/mol. The maximum Gasteiger partial charge on any atom is 0.325 e. The molecule has 0 atom stereocenters. The van der Waals surface area contributed by atoms with E-state index in [1.165, 1.54) is 7.11 Å². The number of aldehydes is 1. The number of hydrogen-bond acceptors (Lipinski definition) is 4. The predicted molar refractivity (Wildman–Crippen MR) is 61.5 cm³/mol. The van der Waals surface area contributed by atoms with E-state index in [-0.39, 0.29) is 19.1 Å². The maximum atomic E-state index is 11.2. The number of carbonyl (C=O) groups is 2. The van der Waals surface area contributed by atoms with Gasteiger partial charge in [0, 0.05) is 5.69 Å². The molecule has 4 nitrogen and oxygen atoms in total. The Kier molecular flexibility index (Phi) is 4.51. The number of nitrogens with zero attached hydrogens (tertiary/aromatic N) is 1. The van der Waals surface area contributed by atoms with E-state index >= 15 is 0 Å². The number of methoxy groups -OCH3 is 1. The number of hydrogen-bond donors (Lipinski definition) is 0. The van der Waals surface area contributed by atoms with Crippen LogP contribution in [0.2, 0.25) is 0 Å². The van der Waals surface area contributed by atoms with Gasteiger partial charge in [-0.15, -0.1) is 0 Å². The highest BCUT2D eigenvalue weighted by atomic mass is 16.5. The summed E-state index contributed by atoms with van der Waals surface area (Å²) >= 11 is 0. The lowest BCUT2D eigenvalue weighted by atomic mass is 10.2. The zero-order chi connectivity index (χ0) is 12.0. The van der Waals surface area contributed by atoms with Crippen molar-refractivity contribution >= 4 is 17.9 Å². The quantitative estimate of drug-likeness (QED) is 0.553. The fourth-order valence-corrected chi connectivity index (χ4v) is 1.33. The van der Waals surface area contributed by atoms with Gasteiger partial charge in [-0.1, -0.05) is 17.7 Å². The molecule has 86 valence electrons. The number of benzene rings is 1. The Balaban J connectivity index is 2.80. The molecule has 16 heavy (non-hydrogen) atoms. The Hall–Kier alpha value is -1.84. The summed E-state index contributed by atoms with van der Waals surface area (Å²) in [6, 6.07) is 7.62. The van der Waals surface area contributed by atoms with Gasteiger partial charge in [-0.2, -0.15) is 0 Å². The summed E-state index contributed by atoms with van der Waals surface area (Å²) in [6.45, 7) is 2.24. The molecule has 4 heteroatoms. The molecule has 0 radical (unpaired) electrons. The van der Waals surface area contributed by atoms with Gasteiger partial charge in [0.1, 0.15) is 12.8 Å². The first kappa shape index (κ1) is 12.2. The highest BCUT2D eigenvalue weighted by Crippen LogP contribution is 2.14. The van der Waals surface area contributed by atoms with Crippen molar-refractivity contribution in [1.29, 1.82) is 0 Å². The van der Waals surface area contributed by atoms with Crippen LogP contribution in [0, 0.1) is 6.92 Å². The number of ether oxygens (including phenoxy) is 1. The number of anilines is 1. The number of esters is 1. The van der Waals surface area contributed by atoms with E-state index in [1.807, 2.05) is 31.2 Å². The van der Waals surface area contributed by atoms with Gasteiger partial charge in [-0.3, -0.25) is 4.79 Å². The highest BCUT2D eigenvalue weighted by Gasteiger charge is 2.10. The number of rotatable bonds is 5. The van der Waals surface area contributed by atoms with Crippen molar-refractivity contribution in [2.45, 2.75) is 6.92 Å². The van der Waals surface area contributed by atoms with Crippen molar-refractivity contribution in [2.75, 3.05) is 25.1 Å². The summed E-state index contributed by atoms with van der Waals surface area (Å²) in [5.41, 5.74) is 1.97. The minimum atomic E-state index is -0.359. The molecule has 0 aromatic heterocycles. The van der Waals surface area contributed by atoms with Gasteiger partial charge in [0.05, 0.1) is 13.7 Å². The molecular formula is C12H15NO3. The van der Waals surface area contributed by atoms with E-state index in [0.717, 1.165) is 17.5 Å². The van der Waals surface area contributed by atoms with Crippen LogP contribution in [0.5, 0.6) is 0 Å². The second-order valence-corrected chi connectivity index (χ2v) is 3.46. The van der Waals surface area contributed by atoms with Crippen molar-refractivity contribution in [2.24, 2.45) is 0 Å². The number of aryl methyl sites for hydroxylation is 1. The summed E-state index contributed by atoms with van der Waals surface area (Å²) in [5, 5.41) is 0. The fraction of sp³-hybridized carbons (Fsp3) is 0.333. The van der Waals surface area contributed by atoms with E-state index in [9.17, 15) is 9.59 Å². The topological polar surface area (TPSA) is 46.6 Å². The molecule has 1 aromatic rings. The Labute approximate surface area is 94.8 Å². The largest absolute Gasteiger partial charge is 0.468 e. The second-order valence-electron chi connectivity index (χ2n) is 3.46. The molecule has 0 aliphatic rings. The molecule has 0 unspecified atom stereocenters. The van der Waals surface area contributed by atoms with Crippen LogP contribution in [0.3, 0.4) is 0 Å². The zero-order valence-corrected chi connectivity index (χ0v) is 9.47. The summed E-state index contributed by atoms with van der Waals surface area (Å²) in [7, 11) is 1.33. The molecule has 1 rings (SSSR count). The lowest BCUT2D eigenvalue weighted by Gasteiger charge is -2.20. The Morgan fingerprint density at radius 1 is 1.38 bits per heavy atom. The minimum absolute atomic E-state index is 0.0816. The fourth-order valence-electron chi connectivity index (χ4n) is 1.33. The van der Waals surface area contributed by atoms with Crippen LogP contribution in [-0.2, 0) is 14.3 Å². The van der Waals surface area contributed by atoms with Gasteiger partial charge in [-0.05, 0) is 19.1 Å². The van der Waals surface area contributed by atoms with Gasteiger partial charge in [0.2, 0.25) is 0 Å². The van der Waals surface area contributed by atoms with E-state index in [2.05, 4.69) is 4.74 Å². The Bertz CT molecular complexity index is 359.